The highest BCUT2D eigenvalue weighted by Gasteiger charge is 2.08. The maximum Gasteiger partial charge on any atom is 0.223 e. The Balaban J connectivity index is 1.68. The SMILES string of the molecule is CN(CCc1ccccn1)C(=O)CCSc1ccccc1. The molecule has 0 unspecified atom stereocenters. The molecule has 0 radical (unpaired) electrons. The number of thioether (sulfide) groups is 1. The average molecular weight is 300 g/mol. The van der Waals surface area contributed by atoms with Gasteiger partial charge in [-0.2, -0.15) is 0 Å². The molecule has 2 rings (SSSR count). The minimum absolute atomic E-state index is 0.189. The number of hydrogen-bond donors (Lipinski definition) is 0. The molecule has 1 heterocycles. The van der Waals surface area contributed by atoms with Crippen LogP contribution in [-0.4, -0.2) is 35.1 Å². The van der Waals surface area contributed by atoms with Crippen molar-refractivity contribution in [2.45, 2.75) is 17.7 Å². The van der Waals surface area contributed by atoms with Gasteiger partial charge < -0.3 is 4.90 Å². The van der Waals surface area contributed by atoms with E-state index in [1.165, 1.54) is 4.90 Å². The Morgan fingerprint density at radius 2 is 1.90 bits per heavy atom. The molecule has 0 N–H and O–H groups in total. The molecule has 0 aliphatic carbocycles. The van der Waals surface area contributed by atoms with Crippen LogP contribution in [0.1, 0.15) is 12.1 Å². The molecular formula is C17H20N2OS. The van der Waals surface area contributed by atoms with Gasteiger partial charge in [-0.3, -0.25) is 9.78 Å². The highest BCUT2D eigenvalue weighted by atomic mass is 32.2. The molecule has 0 aliphatic rings. The summed E-state index contributed by atoms with van der Waals surface area (Å²) in [6.07, 6.45) is 3.15. The fraction of sp³-hybridized carbons (Fsp3) is 0.294. The highest BCUT2D eigenvalue weighted by Crippen LogP contribution is 2.18. The Morgan fingerprint density at radius 3 is 2.62 bits per heavy atom. The third-order valence-corrected chi connectivity index (χ3v) is 4.20. The lowest BCUT2D eigenvalue weighted by atomic mass is 10.2. The van der Waals surface area contributed by atoms with Crippen LogP contribution in [0, 0.1) is 0 Å². The van der Waals surface area contributed by atoms with Gasteiger partial charge >= 0.3 is 0 Å². The molecule has 0 atom stereocenters. The first kappa shape index (κ1) is 15.6. The van der Waals surface area contributed by atoms with Gasteiger partial charge in [-0.1, -0.05) is 24.3 Å². The third-order valence-electron chi connectivity index (χ3n) is 3.18. The molecule has 4 heteroatoms. The Hall–Kier alpha value is -1.81. The average Bonchev–Trinajstić information content (AvgIpc) is 2.54. The van der Waals surface area contributed by atoms with Crippen molar-refractivity contribution in [2.24, 2.45) is 0 Å². The lowest BCUT2D eigenvalue weighted by molar-refractivity contribution is -0.129. The van der Waals surface area contributed by atoms with Crippen molar-refractivity contribution < 1.29 is 4.79 Å². The number of carbonyl (C=O) groups is 1. The van der Waals surface area contributed by atoms with Crippen molar-refractivity contribution >= 4 is 17.7 Å². The van der Waals surface area contributed by atoms with Crippen LogP contribution in [0.4, 0.5) is 0 Å². The molecule has 0 saturated carbocycles. The van der Waals surface area contributed by atoms with Crippen molar-refractivity contribution in [2.75, 3.05) is 19.3 Å². The van der Waals surface area contributed by atoms with Crippen LogP contribution in [-0.2, 0) is 11.2 Å². The summed E-state index contributed by atoms with van der Waals surface area (Å²) in [5.41, 5.74) is 1.02. The molecule has 2 aromatic rings. The van der Waals surface area contributed by atoms with E-state index >= 15 is 0 Å². The molecule has 0 bridgehead atoms. The van der Waals surface area contributed by atoms with Crippen LogP contribution < -0.4 is 0 Å². The summed E-state index contributed by atoms with van der Waals surface area (Å²) in [6.45, 7) is 0.714. The summed E-state index contributed by atoms with van der Waals surface area (Å²) in [5, 5.41) is 0. The second-order valence-corrected chi connectivity index (χ2v) is 5.97. The standard InChI is InChI=1S/C17H20N2OS/c1-19(13-10-15-7-5-6-12-18-15)17(20)11-14-21-16-8-3-2-4-9-16/h2-9,12H,10-11,13-14H2,1H3. The van der Waals surface area contributed by atoms with E-state index < -0.39 is 0 Å². The Labute approximate surface area is 130 Å². The summed E-state index contributed by atoms with van der Waals surface area (Å²) in [4.78, 5) is 19.3. The Morgan fingerprint density at radius 1 is 1.14 bits per heavy atom. The normalized spacial score (nSPS) is 10.3. The maximum absolute atomic E-state index is 12.0. The molecule has 1 amide bonds. The molecule has 1 aromatic carbocycles. The monoisotopic (exact) mass is 300 g/mol. The summed E-state index contributed by atoms with van der Waals surface area (Å²) in [5.74, 6) is 1.01. The van der Waals surface area contributed by atoms with Crippen LogP contribution in [0.15, 0.2) is 59.6 Å². The summed E-state index contributed by atoms with van der Waals surface area (Å²) in [7, 11) is 1.86. The Kier molecular flexibility index (Phi) is 6.28. The molecule has 21 heavy (non-hydrogen) atoms. The molecule has 1 aromatic heterocycles. The topological polar surface area (TPSA) is 33.2 Å². The van der Waals surface area contributed by atoms with Gasteiger partial charge in [0.05, 0.1) is 0 Å². The van der Waals surface area contributed by atoms with Crippen molar-refractivity contribution in [3.63, 3.8) is 0 Å². The second kappa shape index (κ2) is 8.47. The van der Waals surface area contributed by atoms with Crippen LogP contribution >= 0.6 is 11.8 Å². The molecule has 0 fully saturated rings. The quantitative estimate of drug-likeness (QED) is 0.736. The van der Waals surface area contributed by atoms with Crippen LogP contribution in [0.3, 0.4) is 0 Å². The van der Waals surface area contributed by atoms with Gasteiger partial charge in [-0.25, -0.2) is 0 Å². The van der Waals surface area contributed by atoms with Crippen LogP contribution in [0.25, 0.3) is 0 Å². The number of amides is 1. The zero-order valence-electron chi connectivity index (χ0n) is 12.2. The predicted molar refractivity (Wildman–Crippen MR) is 87.4 cm³/mol. The van der Waals surface area contributed by atoms with E-state index in [0.29, 0.717) is 13.0 Å². The van der Waals surface area contributed by atoms with E-state index in [4.69, 9.17) is 0 Å². The third kappa shape index (κ3) is 5.60. The minimum atomic E-state index is 0.189. The lowest BCUT2D eigenvalue weighted by Crippen LogP contribution is -2.29. The fourth-order valence-electron chi connectivity index (χ4n) is 1.92. The highest BCUT2D eigenvalue weighted by molar-refractivity contribution is 7.99. The first-order chi connectivity index (χ1) is 10.3. The minimum Gasteiger partial charge on any atom is -0.345 e. The molecule has 3 nitrogen and oxygen atoms in total. The first-order valence-electron chi connectivity index (χ1n) is 7.07. The predicted octanol–water partition coefficient (Wildman–Crippen LogP) is 3.26. The van der Waals surface area contributed by atoms with E-state index in [0.717, 1.165) is 17.9 Å². The van der Waals surface area contributed by atoms with Crippen molar-refractivity contribution in [3.05, 3.63) is 60.4 Å². The van der Waals surface area contributed by atoms with Gasteiger partial charge in [0.15, 0.2) is 0 Å². The summed E-state index contributed by atoms with van der Waals surface area (Å²) >= 11 is 1.72. The van der Waals surface area contributed by atoms with E-state index in [1.54, 1.807) is 22.9 Å². The van der Waals surface area contributed by atoms with Crippen molar-refractivity contribution in [3.8, 4) is 0 Å². The zero-order valence-corrected chi connectivity index (χ0v) is 13.1. The van der Waals surface area contributed by atoms with Crippen LogP contribution in [0.2, 0.25) is 0 Å². The number of hydrogen-bond acceptors (Lipinski definition) is 3. The molecule has 0 saturated heterocycles. The number of nitrogens with zero attached hydrogens (tertiary/aromatic N) is 2. The van der Waals surface area contributed by atoms with E-state index in [-0.39, 0.29) is 5.91 Å². The van der Waals surface area contributed by atoms with Gasteiger partial charge in [-0.05, 0) is 24.3 Å². The fourth-order valence-corrected chi connectivity index (χ4v) is 2.78. The summed E-state index contributed by atoms with van der Waals surface area (Å²) in [6, 6.07) is 16.0. The molecule has 0 spiro atoms. The number of pyridine rings is 1. The van der Waals surface area contributed by atoms with Gasteiger partial charge in [-0.15, -0.1) is 11.8 Å². The number of rotatable bonds is 7. The smallest absolute Gasteiger partial charge is 0.223 e. The van der Waals surface area contributed by atoms with Gasteiger partial charge in [0.25, 0.3) is 0 Å². The number of likely N-dealkylation sites (N-methyl/N-ethyl adjacent to an activating group) is 1. The van der Waals surface area contributed by atoms with E-state index in [2.05, 4.69) is 17.1 Å². The van der Waals surface area contributed by atoms with Gasteiger partial charge in [0, 0.05) is 49.0 Å². The van der Waals surface area contributed by atoms with E-state index in [9.17, 15) is 4.79 Å². The zero-order chi connectivity index (χ0) is 14.9. The van der Waals surface area contributed by atoms with E-state index in [1.807, 2.05) is 43.4 Å². The number of benzene rings is 1. The molecule has 110 valence electrons. The van der Waals surface area contributed by atoms with Gasteiger partial charge in [0.1, 0.15) is 0 Å². The van der Waals surface area contributed by atoms with Crippen molar-refractivity contribution in [1.82, 2.24) is 9.88 Å². The number of aromatic nitrogens is 1. The Bertz CT molecular complexity index is 545. The summed E-state index contributed by atoms with van der Waals surface area (Å²) < 4.78 is 0. The first-order valence-corrected chi connectivity index (χ1v) is 8.06. The molecule has 0 aliphatic heterocycles. The van der Waals surface area contributed by atoms with Crippen LogP contribution in [0.5, 0.6) is 0 Å². The maximum atomic E-state index is 12.0. The second-order valence-electron chi connectivity index (χ2n) is 4.80. The number of carbonyl (C=O) groups excluding carboxylic acids is 1. The lowest BCUT2D eigenvalue weighted by Gasteiger charge is -2.16. The van der Waals surface area contributed by atoms with Crippen molar-refractivity contribution in [1.29, 1.82) is 0 Å². The largest absolute Gasteiger partial charge is 0.345 e. The molecular weight excluding hydrogens is 280 g/mol. The van der Waals surface area contributed by atoms with Gasteiger partial charge in [0.2, 0.25) is 5.91 Å².